The van der Waals surface area contributed by atoms with Crippen LogP contribution < -0.4 is 20.7 Å². The number of carbonyl (C=O) groups excluding carboxylic acids is 2. The topological polar surface area (TPSA) is 123 Å². The smallest absolute Gasteiger partial charge is 0.416 e. The van der Waals surface area contributed by atoms with Gasteiger partial charge in [0.15, 0.2) is 0 Å². The zero-order valence-corrected chi connectivity index (χ0v) is 18.6. The first-order valence-corrected chi connectivity index (χ1v) is 10.3. The molecule has 0 aliphatic carbocycles. The van der Waals surface area contributed by atoms with Gasteiger partial charge in [-0.1, -0.05) is 0 Å². The van der Waals surface area contributed by atoms with E-state index in [0.717, 1.165) is 16.9 Å². The van der Waals surface area contributed by atoms with Gasteiger partial charge < -0.3 is 20.7 Å². The maximum absolute atomic E-state index is 13.2. The second kappa shape index (κ2) is 10.1. The third-order valence-electron chi connectivity index (χ3n) is 4.75. The number of ether oxygens (including phenoxy) is 1. The van der Waals surface area contributed by atoms with Crippen molar-refractivity contribution >= 4 is 23.3 Å². The Kier molecular flexibility index (Phi) is 6.81. The van der Waals surface area contributed by atoms with Crippen molar-refractivity contribution in [3.63, 3.8) is 0 Å². The molecule has 0 unspecified atom stereocenters. The fourth-order valence-electron chi connectivity index (χ4n) is 3.08. The maximum Gasteiger partial charge on any atom is 0.416 e. The number of alkyl halides is 3. The van der Waals surface area contributed by atoms with Crippen LogP contribution >= 0.6 is 0 Å². The second-order valence-electron chi connectivity index (χ2n) is 7.21. The molecule has 10 nitrogen and oxygen atoms in total. The summed E-state index contributed by atoms with van der Waals surface area (Å²) in [4.78, 5) is 29.3. The first kappa shape index (κ1) is 24.2. The number of nitrogens with zero attached hydrogens (tertiary/aromatic N) is 4. The van der Waals surface area contributed by atoms with E-state index in [1.165, 1.54) is 49.9 Å². The minimum absolute atomic E-state index is 0.136. The number of hydrogen-bond acceptors (Lipinski definition) is 6. The molecule has 13 heteroatoms. The zero-order valence-electron chi connectivity index (χ0n) is 18.6. The largest absolute Gasteiger partial charge is 0.457 e. The Morgan fingerprint density at radius 1 is 0.889 bits per heavy atom. The molecule has 0 atom stereocenters. The van der Waals surface area contributed by atoms with Gasteiger partial charge in [-0.25, -0.2) is 4.79 Å². The molecule has 0 saturated heterocycles. The molecule has 4 aromatic rings. The van der Waals surface area contributed by atoms with Gasteiger partial charge in [0.1, 0.15) is 22.9 Å². The van der Waals surface area contributed by atoms with Gasteiger partial charge in [-0.15, -0.1) is 4.80 Å². The first-order chi connectivity index (χ1) is 17.2. The van der Waals surface area contributed by atoms with Crippen LogP contribution in [0.2, 0.25) is 0 Å². The highest BCUT2D eigenvalue weighted by molar-refractivity contribution is 6.01. The molecule has 0 fully saturated rings. The van der Waals surface area contributed by atoms with Crippen LogP contribution in [0.25, 0.3) is 5.69 Å². The van der Waals surface area contributed by atoms with Crippen molar-refractivity contribution in [1.29, 1.82) is 0 Å². The number of amides is 3. The third-order valence-corrected chi connectivity index (χ3v) is 4.75. The predicted molar refractivity (Wildman–Crippen MR) is 123 cm³/mol. The summed E-state index contributed by atoms with van der Waals surface area (Å²) in [6, 6.07) is 11.3. The van der Waals surface area contributed by atoms with Crippen LogP contribution in [-0.2, 0) is 6.18 Å². The Labute approximate surface area is 202 Å². The summed E-state index contributed by atoms with van der Waals surface area (Å²) in [5.74, 6) is 0.435. The normalized spacial score (nSPS) is 11.0. The summed E-state index contributed by atoms with van der Waals surface area (Å²) < 4.78 is 45.3. The molecule has 0 bridgehead atoms. The van der Waals surface area contributed by atoms with Crippen molar-refractivity contribution in [2.75, 3.05) is 17.7 Å². The van der Waals surface area contributed by atoms with Gasteiger partial charge in [-0.05, 0) is 48.5 Å². The van der Waals surface area contributed by atoms with Gasteiger partial charge in [-0.3, -0.25) is 9.78 Å². The molecule has 0 aliphatic heterocycles. The molecule has 0 saturated carbocycles. The summed E-state index contributed by atoms with van der Waals surface area (Å²) in [6.45, 7) is 0. The van der Waals surface area contributed by atoms with Gasteiger partial charge in [0.25, 0.3) is 5.91 Å². The summed E-state index contributed by atoms with van der Waals surface area (Å²) >= 11 is 0. The average molecular weight is 497 g/mol. The van der Waals surface area contributed by atoms with Crippen LogP contribution in [0.3, 0.4) is 0 Å². The SMILES string of the molecule is CNC(=O)c1cc(Oc2ccc(NC(=O)Nc3cc(C(F)(F)F)ccc3-n3nccn3)cc2)ccn1. The van der Waals surface area contributed by atoms with E-state index in [9.17, 15) is 22.8 Å². The molecular weight excluding hydrogens is 479 g/mol. The van der Waals surface area contributed by atoms with Crippen LogP contribution in [0.15, 0.2) is 73.2 Å². The molecule has 0 radical (unpaired) electrons. The molecule has 4 rings (SSSR count). The fraction of sp³-hybridized carbons (Fsp3) is 0.0870. The van der Waals surface area contributed by atoms with E-state index in [0.29, 0.717) is 17.2 Å². The zero-order chi connectivity index (χ0) is 25.7. The first-order valence-electron chi connectivity index (χ1n) is 10.3. The third kappa shape index (κ3) is 5.75. The van der Waals surface area contributed by atoms with E-state index in [1.807, 2.05) is 0 Å². The summed E-state index contributed by atoms with van der Waals surface area (Å²) in [6.07, 6.45) is -0.456. The average Bonchev–Trinajstić information content (AvgIpc) is 3.39. The Balaban J connectivity index is 1.46. The molecule has 0 spiro atoms. The summed E-state index contributed by atoms with van der Waals surface area (Å²) in [7, 11) is 1.49. The second-order valence-corrected chi connectivity index (χ2v) is 7.21. The molecule has 0 aliphatic rings. The van der Waals surface area contributed by atoms with Gasteiger partial charge >= 0.3 is 12.2 Å². The van der Waals surface area contributed by atoms with Crippen LogP contribution in [0, 0.1) is 0 Å². The number of hydrogen-bond donors (Lipinski definition) is 3. The number of rotatable bonds is 6. The molecule has 184 valence electrons. The standard InChI is InChI=1S/C23H18F3N7O3/c1-27-21(34)19-13-17(8-9-28-19)36-16-5-3-15(4-6-16)31-22(35)32-18-12-14(23(24,25)26)2-7-20(18)33-29-10-11-30-33/h2-13H,1H3,(H,27,34)(H2,31,32,35). The minimum atomic E-state index is -4.60. The Morgan fingerprint density at radius 3 is 2.28 bits per heavy atom. The summed E-state index contributed by atoms with van der Waals surface area (Å²) in [5, 5.41) is 15.2. The van der Waals surface area contributed by atoms with Crippen molar-refractivity contribution in [2.24, 2.45) is 0 Å². The predicted octanol–water partition coefficient (Wildman–Crippen LogP) is 4.48. The molecule has 2 aromatic carbocycles. The lowest BCUT2D eigenvalue weighted by Crippen LogP contribution is -2.21. The minimum Gasteiger partial charge on any atom is -0.457 e. The van der Waals surface area contributed by atoms with Crippen molar-refractivity contribution in [3.8, 4) is 17.2 Å². The Morgan fingerprint density at radius 2 is 1.61 bits per heavy atom. The van der Waals surface area contributed by atoms with E-state index in [2.05, 4.69) is 31.1 Å². The van der Waals surface area contributed by atoms with Crippen molar-refractivity contribution < 1.29 is 27.5 Å². The van der Waals surface area contributed by atoms with Gasteiger partial charge in [-0.2, -0.15) is 23.4 Å². The molecule has 3 N–H and O–H groups in total. The van der Waals surface area contributed by atoms with E-state index in [4.69, 9.17) is 4.74 Å². The highest BCUT2D eigenvalue weighted by Gasteiger charge is 2.31. The number of benzene rings is 2. The van der Waals surface area contributed by atoms with Gasteiger partial charge in [0.05, 0.1) is 23.6 Å². The molecule has 3 amide bonds. The maximum atomic E-state index is 13.2. The van der Waals surface area contributed by atoms with Gasteiger partial charge in [0, 0.05) is 25.0 Å². The number of pyridine rings is 1. The molecule has 2 aromatic heterocycles. The van der Waals surface area contributed by atoms with E-state index < -0.39 is 17.8 Å². The lowest BCUT2D eigenvalue weighted by molar-refractivity contribution is -0.137. The quantitative estimate of drug-likeness (QED) is 0.361. The van der Waals surface area contributed by atoms with Crippen LogP contribution in [-0.4, -0.2) is 39.0 Å². The van der Waals surface area contributed by atoms with Crippen LogP contribution in [0.1, 0.15) is 16.1 Å². The Hall–Kier alpha value is -4.94. The van der Waals surface area contributed by atoms with E-state index in [-0.39, 0.29) is 23.0 Å². The fourth-order valence-corrected chi connectivity index (χ4v) is 3.08. The summed E-state index contributed by atoms with van der Waals surface area (Å²) in [5.41, 5.74) is -0.384. The lowest BCUT2D eigenvalue weighted by atomic mass is 10.1. The monoisotopic (exact) mass is 497 g/mol. The molecule has 36 heavy (non-hydrogen) atoms. The number of aromatic nitrogens is 4. The molecular formula is C23H18F3N7O3. The Bertz CT molecular complexity index is 1370. The van der Waals surface area contributed by atoms with Crippen molar-refractivity contribution in [3.05, 3.63) is 84.4 Å². The highest BCUT2D eigenvalue weighted by atomic mass is 19.4. The number of nitrogens with one attached hydrogen (secondary N) is 3. The van der Waals surface area contributed by atoms with E-state index in [1.54, 1.807) is 18.2 Å². The van der Waals surface area contributed by atoms with E-state index >= 15 is 0 Å². The van der Waals surface area contributed by atoms with Crippen LogP contribution in [0.4, 0.5) is 29.3 Å². The number of carbonyl (C=O) groups is 2. The lowest BCUT2D eigenvalue weighted by Gasteiger charge is -2.14. The van der Waals surface area contributed by atoms with Crippen LogP contribution in [0.5, 0.6) is 11.5 Å². The van der Waals surface area contributed by atoms with Crippen molar-refractivity contribution in [1.82, 2.24) is 25.3 Å². The molecule has 2 heterocycles. The van der Waals surface area contributed by atoms with Gasteiger partial charge in [0.2, 0.25) is 0 Å². The highest BCUT2D eigenvalue weighted by Crippen LogP contribution is 2.33. The number of anilines is 2. The van der Waals surface area contributed by atoms with Crippen molar-refractivity contribution in [2.45, 2.75) is 6.18 Å². The number of halogens is 3. The number of urea groups is 1.